The number of nitrogens with zero attached hydrogens (tertiary/aromatic N) is 2. The van der Waals surface area contributed by atoms with E-state index >= 15 is 0 Å². The third kappa shape index (κ3) is 3.18. The standard InChI is InChI=1S/C19H21FN4O5S/c1-11-7-15(24-29-11)16(25)22-12-3-4-14(20)13(8-12)18(2)10-30(26,27)19(17(21)23-18)5-6-28-9-19/h3-4,7-8H,5-6,9-10H2,1-2H3,(H2,21,23)(H,22,25)/t18-,19?/m0/s1. The van der Waals surface area contributed by atoms with Crippen molar-refractivity contribution < 1.29 is 26.9 Å². The topological polar surface area (TPSA) is 137 Å². The van der Waals surface area contributed by atoms with Gasteiger partial charge in [0.05, 0.1) is 12.4 Å². The Balaban J connectivity index is 1.71. The fourth-order valence-electron chi connectivity index (χ4n) is 3.88. The second kappa shape index (κ2) is 6.88. The molecule has 2 aliphatic rings. The van der Waals surface area contributed by atoms with E-state index in [-0.39, 0.29) is 42.4 Å². The maximum Gasteiger partial charge on any atom is 0.277 e. The van der Waals surface area contributed by atoms with E-state index in [2.05, 4.69) is 15.5 Å². The molecule has 2 atom stereocenters. The van der Waals surface area contributed by atoms with Crippen LogP contribution in [0.2, 0.25) is 0 Å². The van der Waals surface area contributed by atoms with Crippen molar-refractivity contribution in [3.05, 3.63) is 47.1 Å². The molecule has 1 aromatic heterocycles. The molecule has 1 unspecified atom stereocenters. The summed E-state index contributed by atoms with van der Waals surface area (Å²) in [5.41, 5.74) is 4.97. The van der Waals surface area contributed by atoms with Gasteiger partial charge >= 0.3 is 0 Å². The van der Waals surface area contributed by atoms with Crippen LogP contribution >= 0.6 is 0 Å². The molecule has 1 amide bonds. The van der Waals surface area contributed by atoms with E-state index in [1.54, 1.807) is 6.92 Å². The van der Waals surface area contributed by atoms with Gasteiger partial charge in [0.2, 0.25) is 0 Å². The SMILES string of the molecule is Cc1cc(C(=O)Nc2ccc(F)c([C@]3(C)CS(=O)(=O)C4(CCOC4)C(N)=N3)c2)no1. The van der Waals surface area contributed by atoms with E-state index < -0.39 is 37.6 Å². The first kappa shape index (κ1) is 20.5. The highest BCUT2D eigenvalue weighted by atomic mass is 32.2. The fraction of sp³-hybridized carbons (Fsp3) is 0.421. The van der Waals surface area contributed by atoms with Crippen molar-refractivity contribution in [2.24, 2.45) is 10.7 Å². The minimum Gasteiger partial charge on any atom is -0.386 e. The molecule has 2 aliphatic heterocycles. The summed E-state index contributed by atoms with van der Waals surface area (Å²) in [6.07, 6.45) is 0.219. The summed E-state index contributed by atoms with van der Waals surface area (Å²) >= 11 is 0. The molecule has 2 aromatic rings. The van der Waals surface area contributed by atoms with Gasteiger partial charge in [-0.15, -0.1) is 0 Å². The highest BCUT2D eigenvalue weighted by molar-refractivity contribution is 7.93. The predicted octanol–water partition coefficient (Wildman–Crippen LogP) is 1.53. The summed E-state index contributed by atoms with van der Waals surface area (Å²) in [6.45, 7) is 3.36. The van der Waals surface area contributed by atoms with Crippen LogP contribution < -0.4 is 11.1 Å². The first-order valence-corrected chi connectivity index (χ1v) is 10.9. The van der Waals surface area contributed by atoms with Gasteiger partial charge in [0.15, 0.2) is 20.3 Å². The van der Waals surface area contributed by atoms with Gasteiger partial charge in [-0.3, -0.25) is 9.79 Å². The van der Waals surface area contributed by atoms with Crippen LogP contribution in [-0.2, 0) is 20.1 Å². The van der Waals surface area contributed by atoms with Gasteiger partial charge in [0, 0.05) is 23.9 Å². The van der Waals surface area contributed by atoms with Crippen molar-refractivity contribution in [3.8, 4) is 0 Å². The summed E-state index contributed by atoms with van der Waals surface area (Å²) in [4.78, 5) is 16.7. The normalized spacial score (nSPS) is 27.8. The van der Waals surface area contributed by atoms with E-state index in [0.717, 1.165) is 6.07 Å². The summed E-state index contributed by atoms with van der Waals surface area (Å²) in [5, 5.41) is 6.23. The molecule has 0 radical (unpaired) electrons. The van der Waals surface area contributed by atoms with Crippen molar-refractivity contribution in [1.82, 2.24) is 5.16 Å². The number of halogens is 1. The lowest BCUT2D eigenvalue weighted by Crippen LogP contribution is -2.58. The van der Waals surface area contributed by atoms with Gasteiger partial charge in [0.25, 0.3) is 5.91 Å². The highest BCUT2D eigenvalue weighted by Gasteiger charge is 2.57. The van der Waals surface area contributed by atoms with E-state index in [0.29, 0.717) is 5.76 Å². The molecule has 4 rings (SSSR count). The van der Waals surface area contributed by atoms with E-state index in [9.17, 15) is 17.6 Å². The summed E-state index contributed by atoms with van der Waals surface area (Å²) in [7, 11) is -3.78. The number of nitrogens with one attached hydrogen (secondary N) is 1. The Bertz CT molecular complexity index is 1150. The van der Waals surface area contributed by atoms with E-state index in [4.69, 9.17) is 15.0 Å². The molecule has 1 fully saturated rings. The van der Waals surface area contributed by atoms with Gasteiger partial charge in [0.1, 0.15) is 23.0 Å². The zero-order chi connectivity index (χ0) is 21.7. The van der Waals surface area contributed by atoms with Gasteiger partial charge in [-0.2, -0.15) is 0 Å². The number of amides is 1. The Morgan fingerprint density at radius 1 is 1.33 bits per heavy atom. The summed E-state index contributed by atoms with van der Waals surface area (Å²) < 4.78 is 49.8. The monoisotopic (exact) mass is 436 g/mol. The summed E-state index contributed by atoms with van der Waals surface area (Å²) in [6, 6.07) is 5.33. The molecule has 0 aliphatic carbocycles. The number of benzene rings is 1. The first-order valence-electron chi connectivity index (χ1n) is 9.27. The smallest absolute Gasteiger partial charge is 0.277 e. The van der Waals surface area contributed by atoms with Crippen LogP contribution in [0.15, 0.2) is 33.8 Å². The van der Waals surface area contributed by atoms with Crippen LogP contribution in [0.3, 0.4) is 0 Å². The average molecular weight is 436 g/mol. The van der Waals surface area contributed by atoms with Gasteiger partial charge < -0.3 is 20.3 Å². The maximum absolute atomic E-state index is 14.7. The van der Waals surface area contributed by atoms with Crippen LogP contribution in [0, 0.1) is 12.7 Å². The second-order valence-corrected chi connectivity index (χ2v) is 10.1. The molecule has 3 N–H and O–H groups in total. The number of aliphatic imine (C=N–C) groups is 1. The summed E-state index contributed by atoms with van der Waals surface area (Å²) in [5.74, 6) is -1.25. The zero-order valence-corrected chi connectivity index (χ0v) is 17.3. The number of aryl methyl sites for hydroxylation is 1. The number of carbonyl (C=O) groups excluding carboxylic acids is 1. The first-order chi connectivity index (χ1) is 14.1. The van der Waals surface area contributed by atoms with Crippen molar-refractivity contribution in [1.29, 1.82) is 0 Å². The largest absolute Gasteiger partial charge is 0.386 e. The molecular weight excluding hydrogens is 415 g/mol. The lowest BCUT2D eigenvalue weighted by molar-refractivity contribution is 0.101. The van der Waals surface area contributed by atoms with Crippen molar-refractivity contribution in [2.75, 3.05) is 24.3 Å². The third-order valence-corrected chi connectivity index (χ3v) is 8.21. The average Bonchev–Trinajstić information content (AvgIpc) is 3.32. The van der Waals surface area contributed by atoms with Crippen molar-refractivity contribution >= 4 is 27.3 Å². The number of ether oxygens (including phenoxy) is 1. The van der Waals surface area contributed by atoms with Gasteiger partial charge in [-0.1, -0.05) is 5.16 Å². The minimum absolute atomic E-state index is 0.0110. The number of hydrogen-bond donors (Lipinski definition) is 2. The number of anilines is 1. The van der Waals surface area contributed by atoms with Crippen LogP contribution in [0.4, 0.5) is 10.1 Å². The molecule has 3 heterocycles. The van der Waals surface area contributed by atoms with Crippen LogP contribution in [0.1, 0.15) is 35.2 Å². The Kier molecular flexibility index (Phi) is 4.70. The van der Waals surface area contributed by atoms with Crippen molar-refractivity contribution in [2.45, 2.75) is 30.6 Å². The Hall–Kier alpha value is -2.79. The molecule has 1 spiro atoms. The number of hydrogen-bond acceptors (Lipinski definition) is 8. The molecule has 1 aromatic carbocycles. The molecule has 30 heavy (non-hydrogen) atoms. The number of aromatic nitrogens is 1. The number of rotatable bonds is 3. The van der Waals surface area contributed by atoms with Crippen LogP contribution in [-0.4, -0.2) is 49.0 Å². The van der Waals surface area contributed by atoms with Crippen LogP contribution in [0.25, 0.3) is 0 Å². The maximum atomic E-state index is 14.7. The quantitative estimate of drug-likeness (QED) is 0.744. The van der Waals surface area contributed by atoms with E-state index in [1.807, 2.05) is 0 Å². The number of nitrogens with two attached hydrogens (primary N) is 1. The molecule has 11 heteroatoms. The second-order valence-electron chi connectivity index (χ2n) is 7.80. The molecule has 0 bridgehead atoms. The van der Waals surface area contributed by atoms with E-state index in [1.165, 1.54) is 25.1 Å². The predicted molar refractivity (Wildman–Crippen MR) is 107 cm³/mol. The third-order valence-electron chi connectivity index (χ3n) is 5.55. The lowest BCUT2D eigenvalue weighted by atomic mass is 9.92. The molecule has 160 valence electrons. The molecule has 1 saturated heterocycles. The minimum atomic E-state index is -3.78. The zero-order valence-electron chi connectivity index (χ0n) is 16.4. The highest BCUT2D eigenvalue weighted by Crippen LogP contribution is 2.41. The van der Waals surface area contributed by atoms with Gasteiger partial charge in [-0.05, 0) is 38.5 Å². The Morgan fingerprint density at radius 3 is 2.70 bits per heavy atom. The van der Waals surface area contributed by atoms with Crippen LogP contribution in [0.5, 0.6) is 0 Å². The number of carbonyl (C=O) groups is 1. The van der Waals surface area contributed by atoms with Crippen molar-refractivity contribution in [3.63, 3.8) is 0 Å². The molecular formula is C19H21FN4O5S. The Labute approximate surface area is 172 Å². The lowest BCUT2D eigenvalue weighted by Gasteiger charge is -2.39. The number of amidine groups is 1. The molecule has 0 saturated carbocycles. The Morgan fingerprint density at radius 2 is 2.10 bits per heavy atom. The number of sulfone groups is 1. The fourth-order valence-corrected chi connectivity index (χ4v) is 6.14. The molecule has 9 nitrogen and oxygen atoms in total. The van der Waals surface area contributed by atoms with Gasteiger partial charge in [-0.25, -0.2) is 12.8 Å².